The van der Waals surface area contributed by atoms with Crippen molar-refractivity contribution < 1.29 is 14.6 Å². The fourth-order valence-corrected chi connectivity index (χ4v) is 3.76. The Kier molecular flexibility index (Phi) is 4.64. The standard InChI is InChI=1S/C19H17N3O3S/c23-16(24)5-4-13-2-1-3-14(12-13)18-20-15-6-11-26-17(15)19(21-18)22-7-9-25-10-8-22/h1-6,11-12H,7-10H2,(H,23,24)/b5-4+. The monoisotopic (exact) mass is 367 g/mol. The molecule has 7 heteroatoms. The second-order valence-electron chi connectivity index (χ2n) is 5.90. The predicted octanol–water partition coefficient (Wildman–Crippen LogP) is 3.29. The summed E-state index contributed by atoms with van der Waals surface area (Å²) in [6.07, 6.45) is 2.69. The van der Waals surface area contributed by atoms with Crippen LogP contribution in [-0.2, 0) is 9.53 Å². The molecule has 3 aromatic rings. The third-order valence-electron chi connectivity index (χ3n) is 4.16. The molecule has 1 aliphatic heterocycles. The first-order valence-corrected chi connectivity index (χ1v) is 9.18. The van der Waals surface area contributed by atoms with Crippen molar-refractivity contribution in [2.24, 2.45) is 0 Å². The minimum absolute atomic E-state index is 0.642. The highest BCUT2D eigenvalue weighted by Crippen LogP contribution is 2.32. The van der Waals surface area contributed by atoms with Crippen LogP contribution in [0.1, 0.15) is 5.56 Å². The Morgan fingerprint density at radius 2 is 2.08 bits per heavy atom. The number of morpholine rings is 1. The summed E-state index contributed by atoms with van der Waals surface area (Å²) in [6.45, 7) is 3.01. The highest BCUT2D eigenvalue weighted by Gasteiger charge is 2.18. The van der Waals surface area contributed by atoms with Crippen LogP contribution in [0.25, 0.3) is 27.7 Å². The number of aliphatic carboxylic acids is 1. The SMILES string of the molecule is O=C(O)/C=C/c1cccc(-c2nc(N3CCOCC3)c3sccc3n2)c1. The number of hydrogen-bond donors (Lipinski definition) is 1. The number of carbonyl (C=O) groups is 1. The molecule has 2 aromatic heterocycles. The van der Waals surface area contributed by atoms with Gasteiger partial charge in [-0.1, -0.05) is 18.2 Å². The van der Waals surface area contributed by atoms with E-state index in [1.54, 1.807) is 17.4 Å². The van der Waals surface area contributed by atoms with Crippen LogP contribution in [-0.4, -0.2) is 47.3 Å². The Morgan fingerprint density at radius 3 is 2.88 bits per heavy atom. The zero-order valence-corrected chi connectivity index (χ0v) is 14.8. The molecule has 26 heavy (non-hydrogen) atoms. The quantitative estimate of drug-likeness (QED) is 0.713. The maximum atomic E-state index is 10.7. The summed E-state index contributed by atoms with van der Waals surface area (Å²) >= 11 is 1.64. The number of nitrogens with zero attached hydrogens (tertiary/aromatic N) is 3. The van der Waals surface area contributed by atoms with Gasteiger partial charge in [-0.3, -0.25) is 0 Å². The summed E-state index contributed by atoms with van der Waals surface area (Å²) in [7, 11) is 0. The zero-order valence-electron chi connectivity index (χ0n) is 14.0. The Hall–Kier alpha value is -2.77. The van der Waals surface area contributed by atoms with Crippen LogP contribution in [0.4, 0.5) is 5.82 Å². The van der Waals surface area contributed by atoms with E-state index >= 15 is 0 Å². The van der Waals surface area contributed by atoms with Crippen molar-refractivity contribution in [3.05, 3.63) is 47.4 Å². The maximum absolute atomic E-state index is 10.7. The number of benzene rings is 1. The fourth-order valence-electron chi connectivity index (χ4n) is 2.92. The van der Waals surface area contributed by atoms with E-state index in [0.717, 1.165) is 46.3 Å². The molecule has 6 nitrogen and oxygen atoms in total. The molecule has 3 heterocycles. The van der Waals surface area contributed by atoms with E-state index in [1.807, 2.05) is 35.7 Å². The van der Waals surface area contributed by atoms with Crippen LogP contribution in [0.15, 0.2) is 41.8 Å². The molecule has 0 bridgehead atoms. The Labute approximate surface area is 154 Å². The van der Waals surface area contributed by atoms with Gasteiger partial charge in [-0.05, 0) is 29.2 Å². The first-order valence-electron chi connectivity index (χ1n) is 8.30. The summed E-state index contributed by atoms with van der Waals surface area (Å²) in [6, 6.07) is 9.58. The van der Waals surface area contributed by atoms with Crippen LogP contribution in [0.2, 0.25) is 0 Å². The zero-order chi connectivity index (χ0) is 17.9. The van der Waals surface area contributed by atoms with Crippen LogP contribution in [0, 0.1) is 0 Å². The lowest BCUT2D eigenvalue weighted by Gasteiger charge is -2.28. The number of aromatic nitrogens is 2. The number of rotatable bonds is 4. The molecule has 1 aromatic carbocycles. The van der Waals surface area contributed by atoms with Crippen molar-refractivity contribution >= 4 is 39.4 Å². The van der Waals surface area contributed by atoms with Gasteiger partial charge in [0.15, 0.2) is 11.6 Å². The van der Waals surface area contributed by atoms with Gasteiger partial charge < -0.3 is 14.7 Å². The first-order chi connectivity index (χ1) is 12.7. The van der Waals surface area contributed by atoms with Crippen molar-refractivity contribution in [1.29, 1.82) is 0 Å². The van der Waals surface area contributed by atoms with Gasteiger partial charge in [-0.15, -0.1) is 11.3 Å². The number of hydrogen-bond acceptors (Lipinski definition) is 6. The van der Waals surface area contributed by atoms with E-state index < -0.39 is 5.97 Å². The summed E-state index contributed by atoms with van der Waals surface area (Å²) < 4.78 is 6.54. The van der Waals surface area contributed by atoms with Gasteiger partial charge in [-0.2, -0.15) is 0 Å². The smallest absolute Gasteiger partial charge is 0.328 e. The molecule has 0 aliphatic carbocycles. The minimum Gasteiger partial charge on any atom is -0.478 e. The third-order valence-corrected chi connectivity index (χ3v) is 5.06. The molecule has 0 spiro atoms. The first kappa shape index (κ1) is 16.7. The van der Waals surface area contributed by atoms with Crippen LogP contribution in [0.5, 0.6) is 0 Å². The number of thiophene rings is 1. The van der Waals surface area contributed by atoms with Gasteiger partial charge in [0.05, 0.1) is 23.4 Å². The Bertz CT molecular complexity index is 977. The van der Waals surface area contributed by atoms with E-state index in [0.29, 0.717) is 19.0 Å². The second kappa shape index (κ2) is 7.23. The van der Waals surface area contributed by atoms with Crippen molar-refractivity contribution in [3.8, 4) is 11.4 Å². The topological polar surface area (TPSA) is 75.5 Å². The van der Waals surface area contributed by atoms with Crippen molar-refractivity contribution in [2.75, 3.05) is 31.2 Å². The lowest BCUT2D eigenvalue weighted by molar-refractivity contribution is -0.131. The molecule has 1 saturated heterocycles. The molecule has 0 saturated carbocycles. The molecule has 132 valence electrons. The van der Waals surface area contributed by atoms with Gasteiger partial charge in [0.25, 0.3) is 0 Å². The minimum atomic E-state index is -0.971. The fraction of sp³-hybridized carbons (Fsp3) is 0.211. The van der Waals surface area contributed by atoms with Crippen LogP contribution in [0.3, 0.4) is 0 Å². The normalized spacial score (nSPS) is 15.0. The largest absolute Gasteiger partial charge is 0.478 e. The van der Waals surface area contributed by atoms with E-state index in [2.05, 4.69) is 4.90 Å². The molecule has 0 radical (unpaired) electrons. The lowest BCUT2D eigenvalue weighted by Crippen LogP contribution is -2.36. The molecule has 0 atom stereocenters. The Balaban J connectivity index is 1.77. The van der Waals surface area contributed by atoms with Crippen LogP contribution >= 0.6 is 11.3 Å². The molecule has 0 amide bonds. The maximum Gasteiger partial charge on any atom is 0.328 e. The molecular formula is C19H17N3O3S. The summed E-state index contributed by atoms with van der Waals surface area (Å²) in [4.78, 5) is 22.5. The molecule has 4 rings (SSSR count). The average Bonchev–Trinajstić information content (AvgIpc) is 3.15. The van der Waals surface area contributed by atoms with Gasteiger partial charge in [-0.25, -0.2) is 14.8 Å². The third kappa shape index (κ3) is 3.44. The number of fused-ring (bicyclic) bond motifs is 1. The number of carboxylic acid groups (broad SMARTS) is 1. The predicted molar refractivity (Wildman–Crippen MR) is 103 cm³/mol. The summed E-state index contributed by atoms with van der Waals surface area (Å²) in [5.41, 5.74) is 2.58. The molecule has 0 unspecified atom stereocenters. The van der Waals surface area contributed by atoms with Gasteiger partial charge >= 0.3 is 5.97 Å². The molecular weight excluding hydrogens is 350 g/mol. The highest BCUT2D eigenvalue weighted by atomic mass is 32.1. The van der Waals surface area contributed by atoms with Crippen molar-refractivity contribution in [3.63, 3.8) is 0 Å². The van der Waals surface area contributed by atoms with Crippen molar-refractivity contribution in [1.82, 2.24) is 9.97 Å². The van der Waals surface area contributed by atoms with Gasteiger partial charge in [0.2, 0.25) is 0 Å². The molecule has 1 fully saturated rings. The van der Waals surface area contributed by atoms with Gasteiger partial charge in [0, 0.05) is 24.7 Å². The average molecular weight is 367 g/mol. The second-order valence-corrected chi connectivity index (χ2v) is 6.82. The van der Waals surface area contributed by atoms with E-state index in [1.165, 1.54) is 0 Å². The van der Waals surface area contributed by atoms with Crippen LogP contribution < -0.4 is 4.90 Å². The van der Waals surface area contributed by atoms with Crippen molar-refractivity contribution in [2.45, 2.75) is 0 Å². The molecule has 1 N–H and O–H groups in total. The summed E-state index contributed by atoms with van der Waals surface area (Å²) in [5.74, 6) is 0.610. The lowest BCUT2D eigenvalue weighted by atomic mass is 10.1. The van der Waals surface area contributed by atoms with E-state index in [4.69, 9.17) is 19.8 Å². The number of carboxylic acids is 1. The Morgan fingerprint density at radius 1 is 1.23 bits per heavy atom. The highest BCUT2D eigenvalue weighted by molar-refractivity contribution is 7.17. The summed E-state index contributed by atoms with van der Waals surface area (Å²) in [5, 5.41) is 10.8. The number of ether oxygens (including phenoxy) is 1. The number of anilines is 1. The molecule has 1 aliphatic rings. The van der Waals surface area contributed by atoms with E-state index in [9.17, 15) is 4.79 Å². The van der Waals surface area contributed by atoms with Gasteiger partial charge in [0.1, 0.15) is 0 Å². The van der Waals surface area contributed by atoms with E-state index in [-0.39, 0.29) is 0 Å².